The van der Waals surface area contributed by atoms with Crippen LogP contribution in [-0.2, 0) is 9.53 Å². The standard InChI is InChI=1S/C13H17NO2/c1-14-12(13(15)16-2)10-6-9-11-7-4-3-5-8-11/h3-9,12,14H,10H2,1-2H3/b9-6+/t12-/m1/s1. The smallest absolute Gasteiger partial charge is 0.323 e. The van der Waals surface area contributed by atoms with Crippen LogP contribution >= 0.6 is 0 Å². The molecule has 0 aromatic heterocycles. The second kappa shape index (κ2) is 6.80. The fourth-order valence-electron chi connectivity index (χ4n) is 1.38. The number of esters is 1. The summed E-state index contributed by atoms with van der Waals surface area (Å²) in [6.07, 6.45) is 4.58. The molecule has 0 amide bonds. The van der Waals surface area contributed by atoms with Gasteiger partial charge in [-0.05, 0) is 19.0 Å². The Balaban J connectivity index is 2.50. The Morgan fingerprint density at radius 3 is 2.69 bits per heavy atom. The third kappa shape index (κ3) is 3.87. The van der Waals surface area contributed by atoms with Gasteiger partial charge in [0, 0.05) is 0 Å². The fourth-order valence-corrected chi connectivity index (χ4v) is 1.38. The van der Waals surface area contributed by atoms with E-state index in [4.69, 9.17) is 0 Å². The Labute approximate surface area is 96.1 Å². The molecule has 0 unspecified atom stereocenters. The predicted octanol–water partition coefficient (Wildman–Crippen LogP) is 1.85. The lowest BCUT2D eigenvalue weighted by Crippen LogP contribution is -2.34. The van der Waals surface area contributed by atoms with E-state index in [1.807, 2.05) is 42.5 Å². The summed E-state index contributed by atoms with van der Waals surface area (Å²) in [5, 5.41) is 2.91. The first kappa shape index (κ1) is 12.5. The maximum absolute atomic E-state index is 11.3. The highest BCUT2D eigenvalue weighted by molar-refractivity contribution is 5.76. The average Bonchev–Trinajstić information content (AvgIpc) is 2.35. The van der Waals surface area contributed by atoms with Gasteiger partial charge in [0.2, 0.25) is 0 Å². The normalized spacial score (nSPS) is 12.6. The summed E-state index contributed by atoms with van der Waals surface area (Å²) >= 11 is 0. The van der Waals surface area contributed by atoms with Crippen molar-refractivity contribution >= 4 is 12.0 Å². The minimum absolute atomic E-state index is 0.236. The number of ether oxygens (including phenoxy) is 1. The van der Waals surface area contributed by atoms with Gasteiger partial charge in [0.25, 0.3) is 0 Å². The molecule has 0 aliphatic rings. The summed E-state index contributed by atoms with van der Waals surface area (Å²) in [7, 11) is 3.14. The first-order valence-corrected chi connectivity index (χ1v) is 5.24. The van der Waals surface area contributed by atoms with Gasteiger partial charge >= 0.3 is 5.97 Å². The van der Waals surface area contributed by atoms with E-state index in [2.05, 4.69) is 10.1 Å². The zero-order valence-electron chi connectivity index (χ0n) is 9.64. The first-order valence-electron chi connectivity index (χ1n) is 5.24. The summed E-state index contributed by atoms with van der Waals surface area (Å²) in [5.41, 5.74) is 1.13. The molecule has 1 aromatic carbocycles. The van der Waals surface area contributed by atoms with E-state index in [-0.39, 0.29) is 12.0 Å². The van der Waals surface area contributed by atoms with E-state index < -0.39 is 0 Å². The first-order chi connectivity index (χ1) is 7.77. The van der Waals surface area contributed by atoms with Crippen molar-refractivity contribution in [3.8, 4) is 0 Å². The van der Waals surface area contributed by atoms with Gasteiger partial charge < -0.3 is 10.1 Å². The molecule has 1 rings (SSSR count). The molecule has 1 aromatic rings. The van der Waals surface area contributed by atoms with Gasteiger partial charge in [0.1, 0.15) is 6.04 Å². The zero-order chi connectivity index (χ0) is 11.8. The van der Waals surface area contributed by atoms with Gasteiger partial charge in [0.15, 0.2) is 0 Å². The number of methoxy groups -OCH3 is 1. The topological polar surface area (TPSA) is 38.3 Å². The van der Waals surface area contributed by atoms with Crippen molar-refractivity contribution < 1.29 is 9.53 Å². The Morgan fingerprint density at radius 1 is 1.44 bits per heavy atom. The summed E-state index contributed by atoms with van der Waals surface area (Å²) in [4.78, 5) is 11.3. The molecular formula is C13H17NO2. The van der Waals surface area contributed by atoms with Crippen molar-refractivity contribution in [2.75, 3.05) is 14.2 Å². The maximum atomic E-state index is 11.3. The minimum Gasteiger partial charge on any atom is -0.468 e. The Hall–Kier alpha value is -1.61. The van der Waals surface area contributed by atoms with Crippen LogP contribution in [0.2, 0.25) is 0 Å². The quantitative estimate of drug-likeness (QED) is 0.768. The van der Waals surface area contributed by atoms with Gasteiger partial charge in [-0.3, -0.25) is 4.79 Å². The number of carbonyl (C=O) groups is 1. The van der Waals surface area contributed by atoms with E-state index in [0.29, 0.717) is 6.42 Å². The molecule has 0 bridgehead atoms. The second-order valence-corrected chi connectivity index (χ2v) is 3.41. The monoisotopic (exact) mass is 219 g/mol. The summed E-state index contributed by atoms with van der Waals surface area (Å²) in [6.45, 7) is 0. The van der Waals surface area contributed by atoms with Crippen molar-refractivity contribution in [1.29, 1.82) is 0 Å². The van der Waals surface area contributed by atoms with E-state index >= 15 is 0 Å². The SMILES string of the molecule is CN[C@H](C/C=C/c1ccccc1)C(=O)OC. The zero-order valence-corrected chi connectivity index (χ0v) is 9.64. The number of rotatable bonds is 5. The van der Waals surface area contributed by atoms with Crippen LogP contribution in [0, 0.1) is 0 Å². The highest BCUT2D eigenvalue weighted by Crippen LogP contribution is 2.03. The lowest BCUT2D eigenvalue weighted by atomic mass is 10.1. The molecule has 0 heterocycles. The highest BCUT2D eigenvalue weighted by Gasteiger charge is 2.14. The van der Waals surface area contributed by atoms with Crippen molar-refractivity contribution in [2.24, 2.45) is 0 Å². The molecule has 0 saturated carbocycles. The molecule has 3 nitrogen and oxygen atoms in total. The van der Waals surface area contributed by atoms with Gasteiger partial charge in [-0.1, -0.05) is 42.5 Å². The van der Waals surface area contributed by atoms with E-state index in [9.17, 15) is 4.79 Å². The number of nitrogens with one attached hydrogen (secondary N) is 1. The van der Waals surface area contributed by atoms with Crippen LogP contribution in [0.3, 0.4) is 0 Å². The van der Waals surface area contributed by atoms with Gasteiger partial charge in [-0.15, -0.1) is 0 Å². The van der Waals surface area contributed by atoms with Crippen LogP contribution in [0.1, 0.15) is 12.0 Å². The number of hydrogen-bond acceptors (Lipinski definition) is 3. The third-order valence-corrected chi connectivity index (χ3v) is 2.32. The second-order valence-electron chi connectivity index (χ2n) is 3.41. The highest BCUT2D eigenvalue weighted by atomic mass is 16.5. The molecule has 16 heavy (non-hydrogen) atoms. The van der Waals surface area contributed by atoms with Crippen molar-refractivity contribution in [3.05, 3.63) is 42.0 Å². The summed E-state index contributed by atoms with van der Waals surface area (Å²) in [6, 6.07) is 9.70. The van der Waals surface area contributed by atoms with Crippen molar-refractivity contribution in [3.63, 3.8) is 0 Å². The van der Waals surface area contributed by atoms with Crippen LogP contribution in [0.25, 0.3) is 6.08 Å². The molecule has 0 radical (unpaired) electrons. The maximum Gasteiger partial charge on any atom is 0.323 e. The molecule has 0 fully saturated rings. The Bertz CT molecular complexity index is 346. The molecule has 1 N–H and O–H groups in total. The number of benzene rings is 1. The Kier molecular flexibility index (Phi) is 5.29. The van der Waals surface area contributed by atoms with E-state index in [0.717, 1.165) is 5.56 Å². The van der Waals surface area contributed by atoms with Gasteiger partial charge in [-0.2, -0.15) is 0 Å². The summed E-state index contributed by atoms with van der Waals surface area (Å²) < 4.78 is 4.67. The van der Waals surface area contributed by atoms with Gasteiger partial charge in [-0.25, -0.2) is 0 Å². The molecule has 86 valence electrons. The van der Waals surface area contributed by atoms with Crippen LogP contribution < -0.4 is 5.32 Å². The Morgan fingerprint density at radius 2 is 2.12 bits per heavy atom. The minimum atomic E-state index is -0.273. The third-order valence-electron chi connectivity index (χ3n) is 2.32. The van der Waals surface area contributed by atoms with Crippen LogP contribution in [-0.4, -0.2) is 26.2 Å². The van der Waals surface area contributed by atoms with E-state index in [1.165, 1.54) is 7.11 Å². The molecule has 0 aliphatic carbocycles. The molecular weight excluding hydrogens is 202 g/mol. The number of likely N-dealkylation sites (N-methyl/N-ethyl adjacent to an activating group) is 1. The van der Waals surface area contributed by atoms with Crippen molar-refractivity contribution in [1.82, 2.24) is 5.32 Å². The molecule has 3 heteroatoms. The number of carbonyl (C=O) groups excluding carboxylic acids is 1. The molecule has 1 atom stereocenters. The van der Waals surface area contributed by atoms with Crippen LogP contribution in [0.15, 0.2) is 36.4 Å². The molecule has 0 aliphatic heterocycles. The average molecular weight is 219 g/mol. The van der Waals surface area contributed by atoms with E-state index in [1.54, 1.807) is 7.05 Å². The van der Waals surface area contributed by atoms with Crippen molar-refractivity contribution in [2.45, 2.75) is 12.5 Å². The van der Waals surface area contributed by atoms with Crippen LogP contribution in [0.4, 0.5) is 0 Å². The lowest BCUT2D eigenvalue weighted by molar-refractivity contribution is -0.142. The predicted molar refractivity (Wildman–Crippen MR) is 65.0 cm³/mol. The lowest BCUT2D eigenvalue weighted by Gasteiger charge is -2.10. The van der Waals surface area contributed by atoms with Gasteiger partial charge in [0.05, 0.1) is 7.11 Å². The molecule has 0 saturated heterocycles. The summed E-state index contributed by atoms with van der Waals surface area (Å²) in [5.74, 6) is -0.236. The molecule has 0 spiro atoms. The number of hydrogen-bond donors (Lipinski definition) is 1. The largest absolute Gasteiger partial charge is 0.468 e. The fraction of sp³-hybridized carbons (Fsp3) is 0.308. The van der Waals surface area contributed by atoms with Crippen LogP contribution in [0.5, 0.6) is 0 Å².